The van der Waals surface area contributed by atoms with Crippen LogP contribution in [0.25, 0.3) is 0 Å². The highest BCUT2D eigenvalue weighted by molar-refractivity contribution is 5.96. The molecule has 0 spiro atoms. The van der Waals surface area contributed by atoms with Gasteiger partial charge in [0.25, 0.3) is 5.91 Å². The number of carbonyl (C=O) groups is 2. The molecule has 0 unspecified atom stereocenters. The molecule has 0 atom stereocenters. The molecule has 0 aliphatic heterocycles. The third-order valence-corrected chi connectivity index (χ3v) is 4.47. The molecule has 1 amide bonds. The number of anilines is 1. The number of methoxy groups -OCH3 is 1. The number of esters is 1. The first-order chi connectivity index (χ1) is 15.4. The van der Waals surface area contributed by atoms with Gasteiger partial charge >= 0.3 is 5.97 Å². The minimum atomic E-state index is -0.642. The first-order valence-electron chi connectivity index (χ1n) is 9.64. The minimum absolute atomic E-state index is 0.198. The largest absolute Gasteiger partial charge is 0.493 e. The average molecular weight is 435 g/mol. The number of carbonyl (C=O) groups excluding carboxylic acids is 2. The number of hydrazone groups is 1. The highest BCUT2D eigenvalue weighted by Gasteiger charge is 2.13. The Balaban J connectivity index is 1.67. The molecule has 0 saturated heterocycles. The summed E-state index contributed by atoms with van der Waals surface area (Å²) >= 11 is 0. The highest BCUT2D eigenvalue weighted by Crippen LogP contribution is 2.28. The van der Waals surface area contributed by atoms with Gasteiger partial charge in [-0.1, -0.05) is 6.07 Å². The molecule has 32 heavy (non-hydrogen) atoms. The smallest absolute Gasteiger partial charge is 0.343 e. The number of nitrogens with one attached hydrogen (secondary N) is 1. The van der Waals surface area contributed by atoms with Gasteiger partial charge in [-0.25, -0.2) is 14.6 Å². The Morgan fingerprint density at radius 3 is 2.41 bits per heavy atom. The average Bonchev–Trinajstić information content (AvgIpc) is 2.80. The van der Waals surface area contributed by atoms with Gasteiger partial charge in [0.05, 0.1) is 18.9 Å². The second kappa shape index (κ2) is 10.2. The van der Waals surface area contributed by atoms with E-state index in [1.54, 1.807) is 36.4 Å². The fraction of sp³-hybridized carbons (Fsp3) is 0.125. The quantitative estimate of drug-likeness (QED) is 0.264. The number of halogens is 1. The molecule has 0 heterocycles. The topological polar surface area (TPSA) is 80.2 Å². The fourth-order valence-corrected chi connectivity index (χ4v) is 2.75. The van der Waals surface area contributed by atoms with Crippen LogP contribution in [0.5, 0.6) is 11.5 Å². The number of hydrogen-bond acceptors (Lipinski definition) is 6. The summed E-state index contributed by atoms with van der Waals surface area (Å²) in [5.74, 6) is -0.933. The summed E-state index contributed by atoms with van der Waals surface area (Å²) in [4.78, 5) is 26.5. The molecule has 0 bridgehead atoms. The zero-order chi connectivity index (χ0) is 23.1. The van der Waals surface area contributed by atoms with E-state index in [4.69, 9.17) is 9.47 Å². The van der Waals surface area contributed by atoms with E-state index >= 15 is 0 Å². The van der Waals surface area contributed by atoms with Gasteiger partial charge in [0.1, 0.15) is 5.82 Å². The SMILES string of the molecule is COc1cc(/C=N/NC(=O)c2cccc(N(C)C)c2)ccc1OC(=O)c1ccc(F)cc1. The maximum Gasteiger partial charge on any atom is 0.343 e. The Hall–Kier alpha value is -4.20. The third-order valence-electron chi connectivity index (χ3n) is 4.47. The molecule has 164 valence electrons. The van der Waals surface area contributed by atoms with Crippen LogP contribution >= 0.6 is 0 Å². The zero-order valence-corrected chi connectivity index (χ0v) is 17.8. The van der Waals surface area contributed by atoms with Crippen molar-refractivity contribution in [3.63, 3.8) is 0 Å². The van der Waals surface area contributed by atoms with Crippen LogP contribution in [0, 0.1) is 5.82 Å². The zero-order valence-electron chi connectivity index (χ0n) is 17.8. The first-order valence-corrected chi connectivity index (χ1v) is 9.64. The van der Waals surface area contributed by atoms with Gasteiger partial charge in [-0.2, -0.15) is 5.10 Å². The second-order valence-corrected chi connectivity index (χ2v) is 6.95. The van der Waals surface area contributed by atoms with Crippen LogP contribution in [0.1, 0.15) is 26.3 Å². The normalized spacial score (nSPS) is 10.6. The molecule has 8 heteroatoms. The molecule has 0 radical (unpaired) electrons. The summed E-state index contributed by atoms with van der Waals surface area (Å²) < 4.78 is 23.7. The van der Waals surface area contributed by atoms with E-state index in [1.165, 1.54) is 37.6 Å². The third kappa shape index (κ3) is 5.69. The molecule has 1 N–H and O–H groups in total. The Morgan fingerprint density at radius 2 is 1.72 bits per heavy atom. The standard InChI is InChI=1S/C24H22FN3O4/c1-28(2)20-6-4-5-18(14-20)23(29)27-26-15-16-7-12-21(22(13-16)31-3)32-24(30)17-8-10-19(25)11-9-17/h4-15H,1-3H3,(H,27,29)/b26-15+. The summed E-state index contributed by atoms with van der Waals surface area (Å²) in [5.41, 5.74) is 4.68. The van der Waals surface area contributed by atoms with Crippen LogP contribution in [0.2, 0.25) is 0 Å². The van der Waals surface area contributed by atoms with Crippen LogP contribution in [-0.4, -0.2) is 39.3 Å². The lowest BCUT2D eigenvalue weighted by Gasteiger charge is -2.12. The Bertz CT molecular complexity index is 1140. The van der Waals surface area contributed by atoms with E-state index in [-0.39, 0.29) is 17.2 Å². The van der Waals surface area contributed by atoms with Crippen LogP contribution in [0.3, 0.4) is 0 Å². The van der Waals surface area contributed by atoms with Gasteiger partial charge in [-0.05, 0) is 66.2 Å². The molecule has 0 fully saturated rings. The summed E-state index contributed by atoms with van der Waals surface area (Å²) in [7, 11) is 5.22. The van der Waals surface area contributed by atoms with Gasteiger partial charge in [-0.3, -0.25) is 4.79 Å². The molecule has 7 nitrogen and oxygen atoms in total. The van der Waals surface area contributed by atoms with Gasteiger partial charge in [0, 0.05) is 25.3 Å². The number of benzene rings is 3. The van der Waals surface area contributed by atoms with E-state index < -0.39 is 11.8 Å². The van der Waals surface area contributed by atoms with Gasteiger partial charge in [0.2, 0.25) is 0 Å². The summed E-state index contributed by atoms with van der Waals surface area (Å²) in [6, 6.07) is 17.0. The number of ether oxygens (including phenoxy) is 2. The molecule has 0 aliphatic rings. The molecule has 3 aromatic rings. The second-order valence-electron chi connectivity index (χ2n) is 6.95. The van der Waals surface area contributed by atoms with Crippen molar-refractivity contribution in [3.05, 3.63) is 89.2 Å². The minimum Gasteiger partial charge on any atom is -0.493 e. The van der Waals surface area contributed by atoms with Crippen LogP contribution in [0.15, 0.2) is 71.8 Å². The van der Waals surface area contributed by atoms with Crippen LogP contribution < -0.4 is 19.8 Å². The Morgan fingerprint density at radius 1 is 0.969 bits per heavy atom. The molecule has 0 saturated carbocycles. The van der Waals surface area contributed by atoms with E-state index in [1.807, 2.05) is 25.1 Å². The molecule has 0 aliphatic carbocycles. The summed E-state index contributed by atoms with van der Waals surface area (Å²) in [6.45, 7) is 0. The number of nitrogens with zero attached hydrogens (tertiary/aromatic N) is 2. The predicted molar refractivity (Wildman–Crippen MR) is 120 cm³/mol. The van der Waals surface area contributed by atoms with Crippen molar-refractivity contribution < 1.29 is 23.5 Å². The summed E-state index contributed by atoms with van der Waals surface area (Å²) in [6.07, 6.45) is 1.45. The monoisotopic (exact) mass is 435 g/mol. The molecule has 0 aromatic heterocycles. The predicted octanol–water partition coefficient (Wildman–Crippen LogP) is 3.88. The van der Waals surface area contributed by atoms with E-state index in [0.717, 1.165) is 5.69 Å². The van der Waals surface area contributed by atoms with Crippen molar-refractivity contribution in [2.75, 3.05) is 26.1 Å². The van der Waals surface area contributed by atoms with Crippen molar-refractivity contribution in [1.29, 1.82) is 0 Å². The Labute approximate surface area is 185 Å². The number of rotatable bonds is 7. The van der Waals surface area contributed by atoms with Crippen LogP contribution in [0.4, 0.5) is 10.1 Å². The van der Waals surface area contributed by atoms with Crippen molar-refractivity contribution >= 4 is 23.8 Å². The van der Waals surface area contributed by atoms with Crippen molar-refractivity contribution in [3.8, 4) is 11.5 Å². The van der Waals surface area contributed by atoms with Crippen molar-refractivity contribution in [1.82, 2.24) is 5.43 Å². The van der Waals surface area contributed by atoms with E-state index in [2.05, 4.69) is 10.5 Å². The van der Waals surface area contributed by atoms with Crippen molar-refractivity contribution in [2.24, 2.45) is 5.10 Å². The summed E-state index contributed by atoms with van der Waals surface area (Å²) in [5, 5.41) is 3.98. The Kier molecular flexibility index (Phi) is 7.17. The first kappa shape index (κ1) is 22.5. The van der Waals surface area contributed by atoms with Crippen LogP contribution in [-0.2, 0) is 0 Å². The maximum absolute atomic E-state index is 13.0. The number of hydrogen-bond donors (Lipinski definition) is 1. The fourth-order valence-electron chi connectivity index (χ4n) is 2.75. The maximum atomic E-state index is 13.0. The van der Waals surface area contributed by atoms with Gasteiger partial charge < -0.3 is 14.4 Å². The van der Waals surface area contributed by atoms with E-state index in [0.29, 0.717) is 16.9 Å². The van der Waals surface area contributed by atoms with Gasteiger partial charge in [0.15, 0.2) is 11.5 Å². The highest BCUT2D eigenvalue weighted by atomic mass is 19.1. The van der Waals surface area contributed by atoms with Gasteiger partial charge in [-0.15, -0.1) is 0 Å². The molecular weight excluding hydrogens is 413 g/mol. The lowest BCUT2D eigenvalue weighted by Crippen LogP contribution is -2.18. The molecular formula is C24H22FN3O4. The molecule has 3 aromatic carbocycles. The lowest BCUT2D eigenvalue weighted by molar-refractivity contribution is 0.0729. The molecule has 3 rings (SSSR count). The lowest BCUT2D eigenvalue weighted by atomic mass is 10.2. The van der Waals surface area contributed by atoms with Crippen molar-refractivity contribution in [2.45, 2.75) is 0 Å². The van der Waals surface area contributed by atoms with E-state index in [9.17, 15) is 14.0 Å². The number of amides is 1.